The van der Waals surface area contributed by atoms with Crippen LogP contribution in [0.3, 0.4) is 0 Å². The lowest BCUT2D eigenvalue weighted by molar-refractivity contribution is -0.385. The molecule has 0 bridgehead atoms. The molecule has 0 saturated heterocycles. The van der Waals surface area contributed by atoms with Crippen LogP contribution in [0.25, 0.3) is 0 Å². The lowest BCUT2D eigenvalue weighted by Gasteiger charge is -2.18. The quantitative estimate of drug-likeness (QED) is 0.260. The number of nitrogens with one attached hydrogen (secondary N) is 2. The van der Waals surface area contributed by atoms with Crippen molar-refractivity contribution in [3.8, 4) is 5.75 Å². The summed E-state index contributed by atoms with van der Waals surface area (Å²) in [6.07, 6.45) is 1.54. The van der Waals surface area contributed by atoms with Gasteiger partial charge in [0.2, 0.25) is 0 Å². The highest BCUT2D eigenvalue weighted by Gasteiger charge is 2.23. The molecule has 3 aromatic rings. The van der Waals surface area contributed by atoms with E-state index >= 15 is 0 Å². The summed E-state index contributed by atoms with van der Waals surface area (Å²) in [6, 6.07) is 17.6. The molecule has 34 heavy (non-hydrogen) atoms. The van der Waals surface area contributed by atoms with Gasteiger partial charge < -0.3 is 4.74 Å². The van der Waals surface area contributed by atoms with Gasteiger partial charge >= 0.3 is 0 Å². The van der Waals surface area contributed by atoms with Crippen molar-refractivity contribution in [3.63, 3.8) is 0 Å². The standard InChI is InChI=1S/C24H26N4O5S/c1-24(2,3)18-7-5-17(6-8-18)16-25-26-22-14-11-20(28(29)30)15-23(22)34(31,32)27-19-9-12-21(33-4)13-10-19/h5-16,26-27H,1-4H3. The van der Waals surface area contributed by atoms with E-state index in [9.17, 15) is 18.5 Å². The second-order valence-electron chi connectivity index (χ2n) is 8.51. The van der Waals surface area contributed by atoms with Gasteiger partial charge in [0.15, 0.2) is 0 Å². The Kier molecular flexibility index (Phi) is 7.21. The molecular formula is C24H26N4O5S. The van der Waals surface area contributed by atoms with Gasteiger partial charge in [-0.15, -0.1) is 0 Å². The molecule has 0 aliphatic carbocycles. The maximum absolute atomic E-state index is 13.1. The lowest BCUT2D eigenvalue weighted by Crippen LogP contribution is -2.15. The molecule has 3 aromatic carbocycles. The third-order valence-corrected chi connectivity index (χ3v) is 6.40. The van der Waals surface area contributed by atoms with Crippen molar-refractivity contribution in [2.45, 2.75) is 31.1 Å². The number of hydrazone groups is 1. The van der Waals surface area contributed by atoms with Crippen molar-refractivity contribution in [3.05, 3.63) is 88.0 Å². The van der Waals surface area contributed by atoms with E-state index in [0.717, 1.165) is 11.6 Å². The molecule has 0 aromatic heterocycles. The first-order chi connectivity index (χ1) is 16.0. The Labute approximate surface area is 198 Å². The molecule has 0 fully saturated rings. The van der Waals surface area contributed by atoms with Crippen LogP contribution in [0.5, 0.6) is 5.75 Å². The number of nitro groups is 1. The average Bonchev–Trinajstić information content (AvgIpc) is 2.79. The smallest absolute Gasteiger partial charge is 0.270 e. The first-order valence-corrected chi connectivity index (χ1v) is 11.8. The number of nitro benzene ring substituents is 1. The maximum atomic E-state index is 13.1. The SMILES string of the molecule is COc1ccc(NS(=O)(=O)c2cc([N+](=O)[O-])ccc2NN=Cc2ccc(C(C)(C)C)cc2)cc1. The van der Waals surface area contributed by atoms with Gasteiger partial charge in [0.25, 0.3) is 15.7 Å². The molecule has 9 nitrogen and oxygen atoms in total. The normalized spacial score (nSPS) is 11.9. The fourth-order valence-electron chi connectivity index (χ4n) is 3.05. The van der Waals surface area contributed by atoms with Crippen LogP contribution < -0.4 is 14.9 Å². The molecule has 0 amide bonds. The van der Waals surface area contributed by atoms with Gasteiger partial charge in [-0.3, -0.25) is 20.3 Å². The second-order valence-corrected chi connectivity index (χ2v) is 10.2. The van der Waals surface area contributed by atoms with Crippen LogP contribution >= 0.6 is 0 Å². The van der Waals surface area contributed by atoms with Crippen molar-refractivity contribution < 1.29 is 18.1 Å². The van der Waals surface area contributed by atoms with Crippen LogP contribution in [0.2, 0.25) is 0 Å². The summed E-state index contributed by atoms with van der Waals surface area (Å²) in [6.45, 7) is 6.36. The predicted octanol–water partition coefficient (Wildman–Crippen LogP) is 5.15. The Bertz CT molecular complexity index is 1300. The zero-order valence-corrected chi connectivity index (χ0v) is 20.1. The van der Waals surface area contributed by atoms with Crippen LogP contribution in [0.15, 0.2) is 76.7 Å². The molecular weight excluding hydrogens is 456 g/mol. The summed E-state index contributed by atoms with van der Waals surface area (Å²) in [5, 5.41) is 15.4. The number of nitrogens with zero attached hydrogens (tertiary/aromatic N) is 2. The number of methoxy groups -OCH3 is 1. The second kappa shape index (κ2) is 9.92. The number of hydrogen-bond donors (Lipinski definition) is 2. The van der Waals surface area contributed by atoms with Crippen LogP contribution in [0.1, 0.15) is 31.9 Å². The maximum Gasteiger partial charge on any atom is 0.270 e. The number of rotatable bonds is 8. The summed E-state index contributed by atoms with van der Waals surface area (Å²) in [7, 11) is -2.67. The minimum Gasteiger partial charge on any atom is -0.497 e. The van der Waals surface area contributed by atoms with Crippen LogP contribution in [-0.4, -0.2) is 26.7 Å². The average molecular weight is 483 g/mol. The first-order valence-electron chi connectivity index (χ1n) is 10.3. The lowest BCUT2D eigenvalue weighted by atomic mass is 9.87. The van der Waals surface area contributed by atoms with Gasteiger partial charge in [-0.05, 0) is 46.9 Å². The summed E-state index contributed by atoms with van der Waals surface area (Å²) in [5.41, 5.74) is 4.70. The van der Waals surface area contributed by atoms with Crippen molar-refractivity contribution >= 4 is 33.3 Å². The fraction of sp³-hybridized carbons (Fsp3) is 0.208. The van der Waals surface area contributed by atoms with Gasteiger partial charge in [0, 0.05) is 17.8 Å². The molecule has 0 heterocycles. The molecule has 0 aliphatic heterocycles. The van der Waals surface area contributed by atoms with Gasteiger partial charge in [0.05, 0.1) is 23.9 Å². The van der Waals surface area contributed by atoms with Crippen LogP contribution in [-0.2, 0) is 15.4 Å². The molecule has 0 aliphatic rings. The number of hydrogen-bond acceptors (Lipinski definition) is 7. The first kappa shape index (κ1) is 24.7. The van der Waals surface area contributed by atoms with Crippen molar-refractivity contribution in [2.75, 3.05) is 17.3 Å². The fourth-order valence-corrected chi connectivity index (χ4v) is 4.29. The minimum absolute atomic E-state index is 0.0207. The van der Waals surface area contributed by atoms with E-state index < -0.39 is 14.9 Å². The van der Waals surface area contributed by atoms with Gasteiger partial charge in [-0.1, -0.05) is 45.0 Å². The van der Waals surface area contributed by atoms with Crippen LogP contribution in [0, 0.1) is 10.1 Å². The molecule has 3 rings (SSSR count). The van der Waals surface area contributed by atoms with E-state index in [0.29, 0.717) is 5.75 Å². The molecule has 178 valence electrons. The number of sulfonamides is 1. The Hall–Kier alpha value is -3.92. The van der Waals surface area contributed by atoms with Crippen molar-refractivity contribution in [2.24, 2.45) is 5.10 Å². The Morgan fingerprint density at radius 1 is 1.00 bits per heavy atom. The van der Waals surface area contributed by atoms with Crippen molar-refractivity contribution in [1.82, 2.24) is 0 Å². The highest BCUT2D eigenvalue weighted by atomic mass is 32.2. The van der Waals surface area contributed by atoms with E-state index in [1.165, 1.54) is 36.9 Å². The monoisotopic (exact) mass is 482 g/mol. The Balaban J connectivity index is 1.87. The van der Waals surface area contributed by atoms with E-state index in [-0.39, 0.29) is 27.4 Å². The van der Waals surface area contributed by atoms with E-state index in [1.807, 2.05) is 24.3 Å². The molecule has 0 unspecified atom stereocenters. The largest absolute Gasteiger partial charge is 0.497 e. The predicted molar refractivity (Wildman–Crippen MR) is 133 cm³/mol. The third kappa shape index (κ3) is 6.10. The van der Waals surface area contributed by atoms with Crippen molar-refractivity contribution in [1.29, 1.82) is 0 Å². The Morgan fingerprint density at radius 3 is 2.21 bits per heavy atom. The van der Waals surface area contributed by atoms with Gasteiger partial charge in [-0.2, -0.15) is 5.10 Å². The van der Waals surface area contributed by atoms with Gasteiger partial charge in [-0.25, -0.2) is 8.42 Å². The number of ether oxygens (including phenoxy) is 1. The zero-order chi connectivity index (χ0) is 24.9. The van der Waals surface area contributed by atoms with Gasteiger partial charge in [0.1, 0.15) is 10.6 Å². The van der Waals surface area contributed by atoms with E-state index in [4.69, 9.17) is 4.74 Å². The molecule has 10 heteroatoms. The molecule has 0 atom stereocenters. The number of non-ortho nitro benzene ring substituents is 1. The minimum atomic E-state index is -4.17. The molecule has 0 radical (unpaired) electrons. The summed E-state index contributed by atoms with van der Waals surface area (Å²) in [5.74, 6) is 0.561. The topological polar surface area (TPSA) is 123 Å². The van der Waals surface area contributed by atoms with E-state index in [2.05, 4.69) is 36.0 Å². The van der Waals surface area contributed by atoms with E-state index in [1.54, 1.807) is 18.3 Å². The third-order valence-electron chi connectivity index (χ3n) is 4.98. The zero-order valence-electron chi connectivity index (χ0n) is 19.3. The number of anilines is 2. The summed E-state index contributed by atoms with van der Waals surface area (Å²) < 4.78 is 33.6. The summed E-state index contributed by atoms with van der Waals surface area (Å²) in [4.78, 5) is 10.3. The summed E-state index contributed by atoms with van der Waals surface area (Å²) >= 11 is 0. The molecule has 0 spiro atoms. The highest BCUT2D eigenvalue weighted by Crippen LogP contribution is 2.29. The Morgan fingerprint density at radius 2 is 1.65 bits per heavy atom. The molecule has 0 saturated carbocycles. The van der Waals surface area contributed by atoms with Crippen LogP contribution in [0.4, 0.5) is 17.1 Å². The highest BCUT2D eigenvalue weighted by molar-refractivity contribution is 7.92. The number of benzene rings is 3. The molecule has 2 N–H and O–H groups in total.